The lowest BCUT2D eigenvalue weighted by Crippen LogP contribution is -2.36. The summed E-state index contributed by atoms with van der Waals surface area (Å²) in [4.78, 5) is 19.3. The van der Waals surface area contributed by atoms with Crippen LogP contribution in [0.1, 0.15) is 43.1 Å². The zero-order chi connectivity index (χ0) is 23.2. The molecule has 0 saturated carbocycles. The highest BCUT2D eigenvalue weighted by atomic mass is 16.5. The largest absolute Gasteiger partial charge is 0.459 e. The summed E-state index contributed by atoms with van der Waals surface area (Å²) in [7, 11) is 0. The van der Waals surface area contributed by atoms with E-state index < -0.39 is 0 Å². The molecule has 2 heterocycles. The van der Waals surface area contributed by atoms with Gasteiger partial charge in [-0.2, -0.15) is 0 Å². The van der Waals surface area contributed by atoms with E-state index >= 15 is 0 Å². The maximum atomic E-state index is 12.5. The van der Waals surface area contributed by atoms with Gasteiger partial charge in [-0.15, -0.1) is 0 Å². The van der Waals surface area contributed by atoms with Crippen LogP contribution in [0.15, 0.2) is 72.9 Å². The van der Waals surface area contributed by atoms with Gasteiger partial charge in [0.25, 0.3) is 0 Å². The van der Waals surface area contributed by atoms with Gasteiger partial charge >= 0.3 is 5.97 Å². The number of esters is 1. The molecule has 0 spiro atoms. The molecule has 2 atom stereocenters. The summed E-state index contributed by atoms with van der Waals surface area (Å²) in [5.74, 6) is 1.90. The molecule has 1 aliphatic rings. The Bertz CT molecular complexity index is 1070. The second-order valence-corrected chi connectivity index (χ2v) is 8.67. The van der Waals surface area contributed by atoms with Gasteiger partial charge in [-0.3, -0.25) is 4.90 Å². The molecule has 33 heavy (non-hydrogen) atoms. The van der Waals surface area contributed by atoms with Crippen LogP contribution in [-0.4, -0.2) is 40.6 Å². The van der Waals surface area contributed by atoms with Crippen LogP contribution in [-0.2, 0) is 11.3 Å². The van der Waals surface area contributed by atoms with Gasteiger partial charge in [-0.05, 0) is 69.2 Å². The third kappa shape index (κ3) is 5.90. The van der Waals surface area contributed by atoms with E-state index in [-0.39, 0.29) is 24.2 Å². The summed E-state index contributed by atoms with van der Waals surface area (Å²) in [6.07, 6.45) is 2.49. The van der Waals surface area contributed by atoms with E-state index in [1.165, 1.54) is 5.56 Å². The van der Waals surface area contributed by atoms with Gasteiger partial charge in [-0.25, -0.2) is 9.78 Å². The van der Waals surface area contributed by atoms with Crippen molar-refractivity contribution in [2.75, 3.05) is 11.9 Å². The van der Waals surface area contributed by atoms with Crippen LogP contribution < -0.4 is 10.1 Å². The molecule has 172 valence electrons. The molecule has 1 fully saturated rings. The lowest BCUT2D eigenvalue weighted by atomic mass is 10.1. The molecule has 1 saturated heterocycles. The number of anilines is 1. The van der Waals surface area contributed by atoms with Gasteiger partial charge in [0.1, 0.15) is 22.9 Å². The van der Waals surface area contributed by atoms with Gasteiger partial charge in [0, 0.05) is 31.4 Å². The number of benzene rings is 2. The maximum absolute atomic E-state index is 12.5. The van der Waals surface area contributed by atoms with Crippen molar-refractivity contribution in [1.82, 2.24) is 9.88 Å². The predicted molar refractivity (Wildman–Crippen MR) is 130 cm³/mol. The molecule has 0 amide bonds. The van der Waals surface area contributed by atoms with E-state index in [0.717, 1.165) is 31.0 Å². The third-order valence-corrected chi connectivity index (χ3v) is 5.84. The number of hydrogen-bond acceptors (Lipinski definition) is 6. The number of nitrogens with zero attached hydrogens (tertiary/aromatic N) is 2. The van der Waals surface area contributed by atoms with Crippen molar-refractivity contribution in [3.8, 4) is 11.5 Å². The number of pyridine rings is 1. The first-order chi connectivity index (χ1) is 16.0. The smallest absolute Gasteiger partial charge is 0.342 e. The number of ether oxygens (including phenoxy) is 2. The molecule has 1 N–H and O–H groups in total. The van der Waals surface area contributed by atoms with Crippen molar-refractivity contribution in [2.24, 2.45) is 0 Å². The number of rotatable bonds is 8. The minimum absolute atomic E-state index is 0.173. The van der Waals surface area contributed by atoms with E-state index in [1.54, 1.807) is 18.3 Å². The molecule has 1 aliphatic heterocycles. The fourth-order valence-corrected chi connectivity index (χ4v) is 4.12. The predicted octanol–water partition coefficient (Wildman–Crippen LogP) is 5.51. The van der Waals surface area contributed by atoms with E-state index in [2.05, 4.69) is 34.3 Å². The number of hydrogen-bond donors (Lipinski definition) is 1. The molecule has 0 radical (unpaired) electrons. The molecule has 6 nitrogen and oxygen atoms in total. The Kier molecular flexibility index (Phi) is 7.25. The molecule has 6 heteroatoms. The first kappa shape index (κ1) is 22.8. The molecule has 2 aromatic carbocycles. The minimum Gasteiger partial charge on any atom is -0.459 e. The first-order valence-corrected chi connectivity index (χ1v) is 11.5. The third-order valence-electron chi connectivity index (χ3n) is 5.84. The van der Waals surface area contributed by atoms with Gasteiger partial charge in [-0.1, -0.05) is 30.3 Å². The van der Waals surface area contributed by atoms with Crippen molar-refractivity contribution >= 4 is 11.8 Å². The van der Waals surface area contributed by atoms with Crippen LogP contribution in [0.4, 0.5) is 5.82 Å². The van der Waals surface area contributed by atoms with Crippen LogP contribution in [0.2, 0.25) is 0 Å². The first-order valence-electron chi connectivity index (χ1n) is 11.5. The lowest BCUT2D eigenvalue weighted by molar-refractivity contribution is 0.0378. The molecule has 1 aromatic heterocycles. The number of carbonyl (C=O) groups excluding carboxylic acids is 1. The molecule has 1 unspecified atom stereocenters. The quantitative estimate of drug-likeness (QED) is 0.461. The average molecular weight is 446 g/mol. The second kappa shape index (κ2) is 10.5. The van der Waals surface area contributed by atoms with Crippen molar-refractivity contribution in [2.45, 2.75) is 51.9 Å². The molecule has 0 aliphatic carbocycles. The fraction of sp³-hybridized carbons (Fsp3) is 0.333. The van der Waals surface area contributed by atoms with E-state index in [4.69, 9.17) is 9.47 Å². The second-order valence-electron chi connectivity index (χ2n) is 8.67. The molecule has 3 aromatic rings. The van der Waals surface area contributed by atoms with Crippen LogP contribution in [0, 0.1) is 0 Å². The molecule has 0 bridgehead atoms. The topological polar surface area (TPSA) is 63.7 Å². The molecular weight excluding hydrogens is 414 g/mol. The van der Waals surface area contributed by atoms with E-state index in [9.17, 15) is 4.79 Å². The summed E-state index contributed by atoms with van der Waals surface area (Å²) in [5.41, 5.74) is 1.68. The number of nitrogens with one attached hydrogen (secondary N) is 1. The van der Waals surface area contributed by atoms with Crippen molar-refractivity contribution in [1.29, 1.82) is 0 Å². The fourth-order valence-electron chi connectivity index (χ4n) is 4.12. The Hall–Kier alpha value is -3.38. The SMILES string of the molecule is CC(C)OC(=O)c1cccnc1N[C@H]1CCN(Cc2cccc(Oc3ccccc3)c2)C1C. The van der Waals surface area contributed by atoms with Crippen LogP contribution >= 0.6 is 0 Å². The standard InChI is InChI=1S/C27H31N3O3/c1-19(2)32-27(31)24-13-8-15-28-26(24)29-25-14-16-30(20(25)3)18-21-9-7-12-23(17-21)33-22-10-5-4-6-11-22/h4-13,15,17,19-20,25H,14,16,18H2,1-3H3,(H,28,29)/t20?,25-/m0/s1. The number of aromatic nitrogens is 1. The number of para-hydroxylation sites is 1. The zero-order valence-corrected chi connectivity index (χ0v) is 19.4. The Morgan fingerprint density at radius 2 is 1.88 bits per heavy atom. The Balaban J connectivity index is 1.40. The van der Waals surface area contributed by atoms with Gasteiger partial charge in [0.2, 0.25) is 0 Å². The summed E-state index contributed by atoms with van der Waals surface area (Å²) < 4.78 is 11.4. The Morgan fingerprint density at radius 1 is 1.09 bits per heavy atom. The van der Waals surface area contributed by atoms with Gasteiger partial charge in [0.05, 0.1) is 6.10 Å². The van der Waals surface area contributed by atoms with Crippen LogP contribution in [0.3, 0.4) is 0 Å². The van der Waals surface area contributed by atoms with Crippen molar-refractivity contribution < 1.29 is 14.3 Å². The van der Waals surface area contributed by atoms with Crippen LogP contribution in [0.5, 0.6) is 11.5 Å². The minimum atomic E-state index is -0.349. The van der Waals surface area contributed by atoms with Crippen molar-refractivity contribution in [3.05, 3.63) is 84.1 Å². The maximum Gasteiger partial charge on any atom is 0.342 e. The Morgan fingerprint density at radius 3 is 2.67 bits per heavy atom. The van der Waals surface area contributed by atoms with Gasteiger partial charge in [0.15, 0.2) is 0 Å². The number of likely N-dealkylation sites (tertiary alicyclic amines) is 1. The highest BCUT2D eigenvalue weighted by Crippen LogP contribution is 2.27. The molecular formula is C27H31N3O3. The lowest BCUT2D eigenvalue weighted by Gasteiger charge is -2.26. The highest BCUT2D eigenvalue weighted by molar-refractivity contribution is 5.94. The number of carbonyl (C=O) groups is 1. The monoisotopic (exact) mass is 445 g/mol. The zero-order valence-electron chi connectivity index (χ0n) is 19.4. The van der Waals surface area contributed by atoms with E-state index in [0.29, 0.717) is 11.4 Å². The summed E-state index contributed by atoms with van der Waals surface area (Å²) in [5, 5.41) is 3.49. The van der Waals surface area contributed by atoms with Crippen molar-refractivity contribution in [3.63, 3.8) is 0 Å². The summed E-state index contributed by atoms with van der Waals surface area (Å²) in [6, 6.07) is 22.0. The molecule has 4 rings (SSSR count). The normalized spacial score (nSPS) is 18.3. The van der Waals surface area contributed by atoms with Gasteiger partial charge < -0.3 is 14.8 Å². The highest BCUT2D eigenvalue weighted by Gasteiger charge is 2.31. The summed E-state index contributed by atoms with van der Waals surface area (Å²) in [6.45, 7) is 7.69. The Labute approximate surface area is 195 Å². The summed E-state index contributed by atoms with van der Waals surface area (Å²) >= 11 is 0. The average Bonchev–Trinajstić information content (AvgIpc) is 3.13. The van der Waals surface area contributed by atoms with Crippen LogP contribution in [0.25, 0.3) is 0 Å². The van der Waals surface area contributed by atoms with E-state index in [1.807, 2.05) is 56.3 Å².